The number of methoxy groups -OCH3 is 2. The van der Waals surface area contributed by atoms with Gasteiger partial charge >= 0.3 is 0 Å². The van der Waals surface area contributed by atoms with E-state index >= 15 is 0 Å². The minimum absolute atomic E-state index is 0.142. The van der Waals surface area contributed by atoms with Gasteiger partial charge in [0.25, 0.3) is 5.91 Å². The zero-order valence-corrected chi connectivity index (χ0v) is 16.1. The average Bonchev–Trinajstić information content (AvgIpc) is 2.91. The van der Waals surface area contributed by atoms with E-state index in [1.165, 1.54) is 20.3 Å². The third-order valence-corrected chi connectivity index (χ3v) is 5.42. The van der Waals surface area contributed by atoms with Crippen molar-refractivity contribution in [3.8, 4) is 11.5 Å². The van der Waals surface area contributed by atoms with Gasteiger partial charge in [0.05, 0.1) is 26.2 Å². The Morgan fingerprint density at radius 2 is 1.92 bits per heavy atom. The van der Waals surface area contributed by atoms with Gasteiger partial charge in [0.15, 0.2) is 11.5 Å². The third kappa shape index (κ3) is 4.04. The van der Waals surface area contributed by atoms with E-state index in [4.69, 9.17) is 9.47 Å². The molecular formula is C17H25N3O5S. The summed E-state index contributed by atoms with van der Waals surface area (Å²) in [7, 11) is -0.665. The standard InChI is InChI=1S/C17H25N3O5S/c1-24-15-9-11(8-14(16(15)25-2)19-26(3,22)23)17(21)20-7-6-12-4-5-13(10-20)18-12/h8-9,12-13,18-19H,4-7,10H2,1-3H3. The van der Waals surface area contributed by atoms with E-state index in [-0.39, 0.29) is 17.3 Å². The predicted octanol–water partition coefficient (Wildman–Crippen LogP) is 1.04. The SMILES string of the molecule is COc1cc(C(=O)N2CCC3CCC(C2)N3)cc(NS(C)(=O)=O)c1OC. The first-order valence-corrected chi connectivity index (χ1v) is 10.5. The number of carbonyl (C=O) groups excluding carboxylic acids is 1. The minimum Gasteiger partial charge on any atom is -0.493 e. The number of ether oxygens (including phenoxy) is 2. The molecule has 0 aromatic heterocycles. The second-order valence-electron chi connectivity index (χ2n) is 6.81. The number of carbonyl (C=O) groups is 1. The van der Waals surface area contributed by atoms with Crippen LogP contribution in [-0.2, 0) is 10.0 Å². The quantitative estimate of drug-likeness (QED) is 0.789. The maximum atomic E-state index is 13.0. The topological polar surface area (TPSA) is 97.0 Å². The molecule has 8 nitrogen and oxygen atoms in total. The van der Waals surface area contributed by atoms with Crippen LogP contribution >= 0.6 is 0 Å². The zero-order valence-electron chi connectivity index (χ0n) is 15.2. The molecule has 0 radical (unpaired) electrons. The lowest BCUT2D eigenvalue weighted by atomic mass is 10.1. The number of likely N-dealkylation sites (tertiary alicyclic amines) is 1. The number of amides is 1. The van der Waals surface area contributed by atoms with Crippen molar-refractivity contribution in [3.05, 3.63) is 17.7 Å². The molecule has 0 aliphatic carbocycles. The van der Waals surface area contributed by atoms with Gasteiger partial charge in [-0.3, -0.25) is 9.52 Å². The molecule has 26 heavy (non-hydrogen) atoms. The van der Waals surface area contributed by atoms with Crippen LogP contribution in [0.3, 0.4) is 0 Å². The molecular weight excluding hydrogens is 358 g/mol. The van der Waals surface area contributed by atoms with Crippen LogP contribution in [0.25, 0.3) is 0 Å². The first-order chi connectivity index (χ1) is 12.3. The number of sulfonamides is 1. The largest absolute Gasteiger partial charge is 0.493 e. The molecule has 2 fully saturated rings. The summed E-state index contributed by atoms with van der Waals surface area (Å²) < 4.78 is 36.3. The van der Waals surface area contributed by atoms with Crippen LogP contribution in [0.2, 0.25) is 0 Å². The van der Waals surface area contributed by atoms with Crippen LogP contribution in [0.4, 0.5) is 5.69 Å². The summed E-state index contributed by atoms with van der Waals surface area (Å²) in [4.78, 5) is 14.9. The molecule has 0 spiro atoms. The van der Waals surface area contributed by atoms with E-state index in [9.17, 15) is 13.2 Å². The summed E-state index contributed by atoms with van der Waals surface area (Å²) in [5, 5.41) is 3.54. The van der Waals surface area contributed by atoms with Crippen molar-refractivity contribution in [2.24, 2.45) is 0 Å². The fourth-order valence-electron chi connectivity index (χ4n) is 3.67. The van der Waals surface area contributed by atoms with Gasteiger partial charge in [-0.05, 0) is 31.4 Å². The van der Waals surface area contributed by atoms with Crippen LogP contribution < -0.4 is 19.5 Å². The summed E-state index contributed by atoms with van der Waals surface area (Å²) >= 11 is 0. The lowest BCUT2D eigenvalue weighted by Gasteiger charge is -2.25. The Bertz CT molecular complexity index is 796. The van der Waals surface area contributed by atoms with Crippen molar-refractivity contribution in [1.82, 2.24) is 10.2 Å². The lowest BCUT2D eigenvalue weighted by molar-refractivity contribution is 0.0747. The fourth-order valence-corrected chi connectivity index (χ4v) is 4.22. The lowest BCUT2D eigenvalue weighted by Crippen LogP contribution is -2.39. The van der Waals surface area contributed by atoms with Gasteiger partial charge in [-0.25, -0.2) is 8.42 Å². The smallest absolute Gasteiger partial charge is 0.254 e. The number of hydrogen-bond acceptors (Lipinski definition) is 6. The molecule has 2 saturated heterocycles. The Labute approximate surface area is 153 Å². The molecule has 2 aliphatic rings. The first-order valence-electron chi connectivity index (χ1n) is 8.60. The highest BCUT2D eigenvalue weighted by atomic mass is 32.2. The molecule has 1 amide bonds. The fraction of sp³-hybridized carbons (Fsp3) is 0.588. The number of fused-ring (bicyclic) bond motifs is 2. The van der Waals surface area contributed by atoms with Crippen LogP contribution in [0.5, 0.6) is 11.5 Å². The molecule has 3 rings (SSSR count). The maximum absolute atomic E-state index is 13.0. The summed E-state index contributed by atoms with van der Waals surface area (Å²) in [6.45, 7) is 1.33. The molecule has 2 N–H and O–H groups in total. The Balaban J connectivity index is 1.93. The predicted molar refractivity (Wildman–Crippen MR) is 98.5 cm³/mol. The number of benzene rings is 1. The molecule has 2 aliphatic heterocycles. The Morgan fingerprint density at radius 1 is 1.19 bits per heavy atom. The van der Waals surface area contributed by atoms with E-state index in [1.54, 1.807) is 6.07 Å². The van der Waals surface area contributed by atoms with Crippen molar-refractivity contribution >= 4 is 21.6 Å². The second kappa shape index (κ2) is 7.32. The molecule has 2 unspecified atom stereocenters. The highest BCUT2D eigenvalue weighted by Gasteiger charge is 2.32. The molecule has 1 aromatic rings. The number of hydrogen-bond donors (Lipinski definition) is 2. The van der Waals surface area contributed by atoms with E-state index < -0.39 is 10.0 Å². The molecule has 2 heterocycles. The first kappa shape index (κ1) is 18.8. The summed E-state index contributed by atoms with van der Waals surface area (Å²) in [6.07, 6.45) is 4.20. The van der Waals surface area contributed by atoms with Gasteiger partial charge in [0.2, 0.25) is 10.0 Å². The summed E-state index contributed by atoms with van der Waals surface area (Å²) in [5.74, 6) is 0.405. The third-order valence-electron chi connectivity index (χ3n) is 4.83. The molecule has 1 aromatic carbocycles. The summed E-state index contributed by atoms with van der Waals surface area (Å²) in [6, 6.07) is 3.89. The zero-order chi connectivity index (χ0) is 18.9. The minimum atomic E-state index is -3.54. The van der Waals surface area contributed by atoms with Crippen LogP contribution in [0, 0.1) is 0 Å². The van der Waals surface area contributed by atoms with Crippen molar-refractivity contribution in [2.45, 2.75) is 31.3 Å². The van der Waals surface area contributed by atoms with E-state index in [0.29, 0.717) is 36.5 Å². The van der Waals surface area contributed by atoms with Crippen LogP contribution in [-0.4, -0.2) is 64.9 Å². The van der Waals surface area contributed by atoms with Gasteiger partial charge in [-0.15, -0.1) is 0 Å². The van der Waals surface area contributed by atoms with Crippen molar-refractivity contribution in [3.63, 3.8) is 0 Å². The molecule has 2 atom stereocenters. The average molecular weight is 383 g/mol. The maximum Gasteiger partial charge on any atom is 0.254 e. The van der Waals surface area contributed by atoms with Crippen molar-refractivity contribution in [1.29, 1.82) is 0 Å². The van der Waals surface area contributed by atoms with Crippen LogP contribution in [0.15, 0.2) is 12.1 Å². The number of nitrogens with one attached hydrogen (secondary N) is 2. The number of nitrogens with zero attached hydrogens (tertiary/aromatic N) is 1. The highest BCUT2D eigenvalue weighted by Crippen LogP contribution is 2.37. The van der Waals surface area contributed by atoms with Crippen molar-refractivity contribution < 1.29 is 22.7 Å². The second-order valence-corrected chi connectivity index (χ2v) is 8.56. The molecule has 2 bridgehead atoms. The van der Waals surface area contributed by atoms with E-state index in [1.807, 2.05) is 4.90 Å². The van der Waals surface area contributed by atoms with Gasteiger partial charge in [0.1, 0.15) is 0 Å². The molecule has 0 saturated carbocycles. The number of anilines is 1. The highest BCUT2D eigenvalue weighted by molar-refractivity contribution is 7.92. The Hall–Kier alpha value is -2.00. The molecule has 144 valence electrons. The van der Waals surface area contributed by atoms with Crippen molar-refractivity contribution in [2.75, 3.05) is 38.3 Å². The number of rotatable bonds is 5. The Morgan fingerprint density at radius 3 is 2.58 bits per heavy atom. The van der Waals surface area contributed by atoms with Crippen LogP contribution in [0.1, 0.15) is 29.6 Å². The van der Waals surface area contributed by atoms with Gasteiger partial charge < -0.3 is 19.7 Å². The van der Waals surface area contributed by atoms with Gasteiger partial charge in [-0.2, -0.15) is 0 Å². The monoisotopic (exact) mass is 383 g/mol. The summed E-state index contributed by atoms with van der Waals surface area (Å²) in [5.41, 5.74) is 0.554. The van der Waals surface area contributed by atoms with E-state index in [2.05, 4.69) is 10.0 Å². The van der Waals surface area contributed by atoms with Gasteiger partial charge in [-0.1, -0.05) is 0 Å². The normalized spacial score (nSPS) is 22.7. The van der Waals surface area contributed by atoms with E-state index in [0.717, 1.165) is 25.5 Å². The Kier molecular flexibility index (Phi) is 5.29. The molecule has 9 heteroatoms. The van der Waals surface area contributed by atoms with Gasteiger partial charge in [0, 0.05) is 30.7 Å².